The Hall–Kier alpha value is -3.37. The van der Waals surface area contributed by atoms with Crippen LogP contribution >= 0.6 is 11.8 Å². The normalized spacial score (nSPS) is 34.3. The molecule has 0 aromatic carbocycles. The Morgan fingerprint density at radius 1 is 1.33 bits per heavy atom. The molecule has 5 N–H and O–H groups in total. The third-order valence-corrected chi connectivity index (χ3v) is 11.0. The lowest BCUT2D eigenvalue weighted by molar-refractivity contribution is -0.158. The minimum Gasteiger partial charge on any atom is -0.477 e. The van der Waals surface area contributed by atoms with Gasteiger partial charge in [0.25, 0.3) is 5.91 Å². The minimum absolute atomic E-state index is 0.00306. The number of rotatable bonds is 9. The lowest BCUT2D eigenvalue weighted by Gasteiger charge is -2.47. The zero-order valence-corrected chi connectivity index (χ0v) is 24.2. The Kier molecular flexibility index (Phi) is 7.33. The van der Waals surface area contributed by atoms with Crippen molar-refractivity contribution in [1.29, 1.82) is 0 Å². The molecule has 1 aliphatic carbocycles. The Balaban J connectivity index is 1.09. The van der Waals surface area contributed by atoms with Crippen LogP contribution in [0, 0.1) is 23.2 Å². The maximum atomic E-state index is 13.4. The number of aromatic nitrogens is 4. The number of tetrazole rings is 1. The van der Waals surface area contributed by atoms with E-state index in [0.717, 1.165) is 6.42 Å². The molecule has 15 nitrogen and oxygen atoms in total. The summed E-state index contributed by atoms with van der Waals surface area (Å²) in [4.78, 5) is 59.6. The van der Waals surface area contributed by atoms with E-state index >= 15 is 0 Å². The lowest BCUT2D eigenvalue weighted by atomic mass is 9.78. The van der Waals surface area contributed by atoms with Gasteiger partial charge in [-0.2, -0.15) is 0 Å². The first-order chi connectivity index (χ1) is 20.0. The van der Waals surface area contributed by atoms with Crippen molar-refractivity contribution in [3.05, 3.63) is 16.9 Å². The summed E-state index contributed by atoms with van der Waals surface area (Å²) in [5.74, 6) is -2.68. The third kappa shape index (κ3) is 4.68. The Labute approximate surface area is 245 Å². The number of fused-ring (bicyclic) bond motifs is 2. The van der Waals surface area contributed by atoms with E-state index in [1.807, 2.05) is 6.92 Å². The molecule has 0 spiro atoms. The minimum atomic E-state index is -1.18. The fraction of sp³-hybridized carbons (Fsp3) is 0.692. The van der Waals surface area contributed by atoms with Gasteiger partial charge in [-0.3, -0.25) is 19.4 Å². The van der Waals surface area contributed by atoms with Crippen LogP contribution in [0.2, 0.25) is 0 Å². The van der Waals surface area contributed by atoms with E-state index in [1.165, 1.54) is 27.7 Å². The second-order valence-electron chi connectivity index (χ2n) is 12.2. The highest BCUT2D eigenvalue weighted by atomic mass is 32.2. The number of nitrogens with one attached hydrogen (secondary N) is 1. The van der Waals surface area contributed by atoms with E-state index in [-0.39, 0.29) is 65.1 Å². The molecule has 8 atom stereocenters. The molecule has 0 radical (unpaired) electrons. The van der Waals surface area contributed by atoms with Gasteiger partial charge in [0.2, 0.25) is 11.8 Å². The standard InChI is InChI=1S/C26H35N9O6S/c1-12-20-19(13(2)30-18(37)8-34-11-29-31-32-34)24(39)35(20)21(25(40)41)22(12)42-16-4-17(28-6-16)23(38)33-7-14-3-15(27)5-26(14,9-33)10-36/h11-16,19-20,36H,3-10,27H2,1-2H3,(H,30,37)(H,40,41)/t12?,13-,14-,15-,16+,19-,20-,26+/m1/s1. The van der Waals surface area contributed by atoms with Gasteiger partial charge in [-0.15, -0.1) is 16.9 Å². The topological polar surface area (TPSA) is 209 Å². The van der Waals surface area contributed by atoms with Crippen LogP contribution in [0.5, 0.6) is 0 Å². The van der Waals surface area contributed by atoms with E-state index < -0.39 is 24.0 Å². The SMILES string of the molecule is CC1C(S[C@@H]2CN=C(C(=O)N3C[C@H]4C[C@@H](N)C[C@@]4(CO)C3)C2)=C(C(=O)O)N2C(=O)[C@H]([C@@H](C)NC(=O)Cn3cnnn3)[C@@H]12. The van der Waals surface area contributed by atoms with E-state index in [0.29, 0.717) is 43.1 Å². The number of carboxylic acids is 1. The van der Waals surface area contributed by atoms with Crippen LogP contribution in [0.3, 0.4) is 0 Å². The molecular weight excluding hydrogens is 566 g/mol. The third-order valence-electron chi connectivity index (χ3n) is 9.53. The Morgan fingerprint density at radius 3 is 2.79 bits per heavy atom. The number of likely N-dealkylation sites (tertiary alicyclic amines) is 1. The number of carbonyl (C=O) groups is 4. The van der Waals surface area contributed by atoms with E-state index in [2.05, 4.69) is 25.8 Å². The first-order valence-electron chi connectivity index (χ1n) is 14.2. The van der Waals surface area contributed by atoms with Gasteiger partial charge in [0.15, 0.2) is 0 Å². The van der Waals surface area contributed by atoms with Crippen molar-refractivity contribution in [1.82, 2.24) is 35.3 Å². The summed E-state index contributed by atoms with van der Waals surface area (Å²) in [6.45, 7) is 4.93. The number of aliphatic imine (C=N–C) groups is 1. The highest BCUT2D eigenvalue weighted by Crippen LogP contribution is 2.52. The first kappa shape index (κ1) is 28.7. The van der Waals surface area contributed by atoms with Crippen molar-refractivity contribution in [2.45, 2.75) is 63.0 Å². The highest BCUT2D eigenvalue weighted by Gasteiger charge is 2.60. The van der Waals surface area contributed by atoms with Crippen molar-refractivity contribution in [3.63, 3.8) is 0 Å². The monoisotopic (exact) mass is 601 g/mol. The fourth-order valence-corrected chi connectivity index (χ4v) is 9.00. The molecule has 3 fully saturated rings. The summed E-state index contributed by atoms with van der Waals surface area (Å²) in [6.07, 6.45) is 3.20. The van der Waals surface area contributed by atoms with Crippen LogP contribution < -0.4 is 11.1 Å². The maximum Gasteiger partial charge on any atom is 0.353 e. The molecule has 5 heterocycles. The largest absolute Gasteiger partial charge is 0.477 e. The molecule has 5 aliphatic rings. The smallest absolute Gasteiger partial charge is 0.353 e. The molecule has 1 aromatic heterocycles. The number of amides is 3. The van der Waals surface area contributed by atoms with Crippen molar-refractivity contribution < 1.29 is 29.4 Å². The average molecular weight is 602 g/mol. The maximum absolute atomic E-state index is 13.4. The van der Waals surface area contributed by atoms with Crippen molar-refractivity contribution in [3.8, 4) is 0 Å². The van der Waals surface area contributed by atoms with Crippen LogP contribution in [-0.4, -0.2) is 119 Å². The van der Waals surface area contributed by atoms with E-state index in [1.54, 1.807) is 11.8 Å². The molecule has 2 saturated heterocycles. The fourth-order valence-electron chi connectivity index (χ4n) is 7.60. The zero-order chi connectivity index (χ0) is 29.9. The number of hydrogen-bond acceptors (Lipinski definition) is 11. The van der Waals surface area contributed by atoms with Crippen molar-refractivity contribution in [2.24, 2.45) is 33.9 Å². The molecule has 1 unspecified atom stereocenters. The van der Waals surface area contributed by atoms with Gasteiger partial charge in [-0.1, -0.05) is 6.92 Å². The molecule has 0 bridgehead atoms. The van der Waals surface area contributed by atoms with Crippen LogP contribution in [-0.2, 0) is 25.7 Å². The molecule has 42 heavy (non-hydrogen) atoms. The number of nitrogens with zero attached hydrogens (tertiary/aromatic N) is 7. The number of aliphatic hydroxyl groups excluding tert-OH is 1. The predicted molar refractivity (Wildman–Crippen MR) is 148 cm³/mol. The summed E-state index contributed by atoms with van der Waals surface area (Å²) in [5.41, 5.74) is 6.23. The Morgan fingerprint density at radius 2 is 2.12 bits per heavy atom. The van der Waals surface area contributed by atoms with Gasteiger partial charge in [0, 0.05) is 53.1 Å². The van der Waals surface area contributed by atoms with Gasteiger partial charge in [-0.25, -0.2) is 9.48 Å². The number of carbonyl (C=O) groups excluding carboxylic acids is 3. The van der Waals surface area contributed by atoms with E-state index in [9.17, 15) is 29.4 Å². The number of nitrogens with two attached hydrogens (primary N) is 1. The molecule has 16 heteroatoms. The summed E-state index contributed by atoms with van der Waals surface area (Å²) in [5, 5.41) is 33.5. The van der Waals surface area contributed by atoms with E-state index in [4.69, 9.17) is 5.73 Å². The number of β-lactam (4-membered cyclic amide) rings is 1. The van der Waals surface area contributed by atoms with Crippen LogP contribution in [0.25, 0.3) is 0 Å². The van der Waals surface area contributed by atoms with Gasteiger partial charge in [0.1, 0.15) is 24.3 Å². The molecule has 3 amide bonds. The van der Waals surface area contributed by atoms with Crippen LogP contribution in [0.1, 0.15) is 33.1 Å². The molecule has 226 valence electrons. The number of aliphatic hydroxyl groups is 1. The molecular formula is C26H35N9O6S. The molecule has 4 aliphatic heterocycles. The van der Waals surface area contributed by atoms with Gasteiger partial charge in [-0.05, 0) is 36.1 Å². The molecule has 1 aromatic rings. The number of thioether (sulfide) groups is 1. The number of hydrogen-bond donors (Lipinski definition) is 4. The Bertz CT molecular complexity index is 1370. The average Bonchev–Trinajstić information content (AvgIpc) is 3.74. The summed E-state index contributed by atoms with van der Waals surface area (Å²) in [7, 11) is 0. The second-order valence-corrected chi connectivity index (χ2v) is 13.6. The number of aliphatic carboxylic acids is 1. The molecule has 6 rings (SSSR count). The van der Waals surface area contributed by atoms with Gasteiger partial charge in [0.05, 0.1) is 25.1 Å². The van der Waals surface area contributed by atoms with Crippen molar-refractivity contribution >= 4 is 41.2 Å². The summed E-state index contributed by atoms with van der Waals surface area (Å²) in [6, 6.07) is -0.883. The summed E-state index contributed by atoms with van der Waals surface area (Å²) < 4.78 is 1.27. The first-order valence-corrected chi connectivity index (χ1v) is 15.1. The second kappa shape index (κ2) is 10.7. The highest BCUT2D eigenvalue weighted by molar-refractivity contribution is 8.03. The lowest BCUT2D eigenvalue weighted by Crippen LogP contribution is -2.66. The number of carboxylic acid groups (broad SMARTS) is 1. The van der Waals surface area contributed by atoms with Crippen molar-refractivity contribution in [2.75, 3.05) is 26.2 Å². The quantitative estimate of drug-likeness (QED) is 0.238. The van der Waals surface area contributed by atoms with Gasteiger partial charge < -0.3 is 31.1 Å². The van der Waals surface area contributed by atoms with Gasteiger partial charge >= 0.3 is 5.97 Å². The predicted octanol–water partition coefficient (Wildman–Crippen LogP) is -1.54. The van der Waals surface area contributed by atoms with Crippen LogP contribution in [0.4, 0.5) is 0 Å². The molecule has 1 saturated carbocycles. The van der Waals surface area contributed by atoms with Crippen LogP contribution in [0.15, 0.2) is 21.9 Å². The summed E-state index contributed by atoms with van der Waals surface area (Å²) >= 11 is 1.37. The zero-order valence-electron chi connectivity index (χ0n) is 23.4.